The predicted octanol–water partition coefficient (Wildman–Crippen LogP) is 5.84. The summed E-state index contributed by atoms with van der Waals surface area (Å²) in [5.41, 5.74) is 1.60. The quantitative estimate of drug-likeness (QED) is 0.288. The number of benzene rings is 3. The fraction of sp³-hybridized carbons (Fsp3) is 0.259. The molecule has 0 aliphatic carbocycles. The Labute approximate surface area is 248 Å². The maximum atomic E-state index is 13.9. The number of sulfonamides is 1. The van der Waals surface area contributed by atoms with E-state index in [2.05, 4.69) is 5.32 Å². The predicted molar refractivity (Wildman–Crippen MR) is 158 cm³/mol. The van der Waals surface area contributed by atoms with Crippen LogP contribution in [0.3, 0.4) is 0 Å². The summed E-state index contributed by atoms with van der Waals surface area (Å²) in [5.74, 6) is -0.986. The summed E-state index contributed by atoms with van der Waals surface area (Å²) in [7, 11) is -3.93. The van der Waals surface area contributed by atoms with Gasteiger partial charge in [-0.2, -0.15) is 0 Å². The van der Waals surface area contributed by atoms with E-state index in [9.17, 15) is 18.0 Å². The Bertz CT molecular complexity index is 1440. The van der Waals surface area contributed by atoms with Crippen molar-refractivity contribution in [1.82, 2.24) is 10.2 Å². The Morgan fingerprint density at radius 3 is 2.03 bits per heavy atom. The van der Waals surface area contributed by atoms with E-state index in [1.54, 1.807) is 25.1 Å². The number of amides is 2. The van der Waals surface area contributed by atoms with Gasteiger partial charge in [-0.25, -0.2) is 8.42 Å². The lowest BCUT2D eigenvalue weighted by atomic mass is 10.0. The van der Waals surface area contributed by atoms with Gasteiger partial charge in [-0.1, -0.05) is 82.8 Å². The topological polar surface area (TPSA) is 86.8 Å². The first-order valence-electron chi connectivity index (χ1n) is 11.9. The molecule has 1 N–H and O–H groups in total. The van der Waals surface area contributed by atoms with Gasteiger partial charge in [-0.15, -0.1) is 0 Å². The van der Waals surface area contributed by atoms with E-state index in [0.29, 0.717) is 17.1 Å². The fourth-order valence-corrected chi connectivity index (χ4v) is 5.39. The Hall–Kier alpha value is -2.49. The lowest BCUT2D eigenvalue weighted by Gasteiger charge is -2.33. The Balaban J connectivity index is 2.07. The molecule has 0 unspecified atom stereocenters. The molecule has 0 saturated carbocycles. The smallest absolute Gasteiger partial charge is 0.244 e. The molecule has 0 aliphatic rings. The molecule has 0 radical (unpaired) electrons. The molecule has 0 fully saturated rings. The molecule has 3 aromatic rings. The molecule has 0 spiro atoms. The van der Waals surface area contributed by atoms with Crippen molar-refractivity contribution in [2.24, 2.45) is 0 Å². The first-order valence-corrected chi connectivity index (χ1v) is 15.2. The second kappa shape index (κ2) is 13.7. The molecule has 0 bridgehead atoms. The van der Waals surface area contributed by atoms with Crippen molar-refractivity contribution in [3.8, 4) is 0 Å². The van der Waals surface area contributed by atoms with Gasteiger partial charge in [0.15, 0.2) is 0 Å². The molecule has 2 amide bonds. The molecule has 3 aromatic carbocycles. The molecule has 0 saturated heterocycles. The molecule has 208 valence electrons. The van der Waals surface area contributed by atoms with E-state index < -0.39 is 28.5 Å². The molecule has 7 nitrogen and oxygen atoms in total. The number of hydrogen-bond acceptors (Lipinski definition) is 4. The molecular weight excluding hydrogens is 604 g/mol. The number of nitrogens with one attached hydrogen (secondary N) is 1. The third kappa shape index (κ3) is 8.50. The molecular formula is C27H27Cl4N3O4S. The highest BCUT2D eigenvalue weighted by molar-refractivity contribution is 7.92. The van der Waals surface area contributed by atoms with Crippen LogP contribution in [0.2, 0.25) is 20.1 Å². The third-order valence-corrected chi connectivity index (χ3v) is 8.45. The number of halogens is 4. The van der Waals surface area contributed by atoms with E-state index in [4.69, 9.17) is 46.4 Å². The van der Waals surface area contributed by atoms with Crippen molar-refractivity contribution >= 4 is 73.9 Å². The minimum atomic E-state index is -3.93. The maximum Gasteiger partial charge on any atom is 0.244 e. The SMILES string of the molecule is CCNC(=O)[C@@H](Cc1ccccc1)N(Cc1ccc(Cl)c(Cl)c1)C(=O)CN(c1ccc(Cl)c(Cl)c1)S(C)(=O)=O. The summed E-state index contributed by atoms with van der Waals surface area (Å²) >= 11 is 24.5. The van der Waals surface area contributed by atoms with Crippen molar-refractivity contribution in [2.45, 2.75) is 25.9 Å². The van der Waals surface area contributed by atoms with E-state index in [0.717, 1.165) is 16.1 Å². The van der Waals surface area contributed by atoms with Gasteiger partial charge in [0.1, 0.15) is 12.6 Å². The highest BCUT2D eigenvalue weighted by Crippen LogP contribution is 2.29. The van der Waals surface area contributed by atoms with E-state index in [-0.39, 0.29) is 39.6 Å². The molecule has 12 heteroatoms. The second-order valence-corrected chi connectivity index (χ2v) is 12.3. The van der Waals surface area contributed by atoms with Gasteiger partial charge in [0.05, 0.1) is 32.0 Å². The van der Waals surface area contributed by atoms with Gasteiger partial charge in [0.2, 0.25) is 21.8 Å². The Morgan fingerprint density at radius 2 is 1.46 bits per heavy atom. The summed E-state index contributed by atoms with van der Waals surface area (Å²) in [5, 5.41) is 3.78. The second-order valence-electron chi connectivity index (χ2n) is 8.74. The Morgan fingerprint density at radius 1 is 0.846 bits per heavy atom. The van der Waals surface area contributed by atoms with E-state index >= 15 is 0 Å². The van der Waals surface area contributed by atoms with Crippen LogP contribution >= 0.6 is 46.4 Å². The zero-order chi connectivity index (χ0) is 28.7. The van der Waals surface area contributed by atoms with Gasteiger partial charge < -0.3 is 10.2 Å². The van der Waals surface area contributed by atoms with E-state index in [1.165, 1.54) is 23.1 Å². The number of rotatable bonds is 11. The minimum absolute atomic E-state index is 0.0245. The number of carbonyl (C=O) groups excluding carboxylic acids is 2. The van der Waals surface area contributed by atoms with Crippen LogP contribution in [-0.2, 0) is 32.6 Å². The van der Waals surface area contributed by atoms with E-state index in [1.807, 2.05) is 30.3 Å². The monoisotopic (exact) mass is 629 g/mol. The number of carbonyl (C=O) groups is 2. The highest BCUT2D eigenvalue weighted by atomic mass is 35.5. The molecule has 0 aliphatic heterocycles. The summed E-state index contributed by atoms with van der Waals surface area (Å²) in [6.45, 7) is 1.52. The lowest BCUT2D eigenvalue weighted by Crippen LogP contribution is -2.53. The van der Waals surface area contributed by atoms with Crippen molar-refractivity contribution in [2.75, 3.05) is 23.7 Å². The minimum Gasteiger partial charge on any atom is -0.355 e. The number of likely N-dealkylation sites (N-methyl/N-ethyl adjacent to an activating group) is 1. The van der Waals surface area contributed by atoms with Crippen LogP contribution < -0.4 is 9.62 Å². The molecule has 0 aromatic heterocycles. The molecule has 39 heavy (non-hydrogen) atoms. The first kappa shape index (κ1) is 31.0. The van der Waals surface area contributed by atoms with Gasteiger partial charge in [-0.05, 0) is 48.4 Å². The average molecular weight is 631 g/mol. The van der Waals surface area contributed by atoms with Crippen LogP contribution in [0.1, 0.15) is 18.1 Å². The molecule has 0 heterocycles. The zero-order valence-corrected chi connectivity index (χ0v) is 25.0. The average Bonchev–Trinajstić information content (AvgIpc) is 2.88. The van der Waals surface area contributed by atoms with Crippen LogP contribution in [0, 0.1) is 0 Å². The van der Waals surface area contributed by atoms with Gasteiger partial charge in [-0.3, -0.25) is 13.9 Å². The molecule has 3 rings (SSSR count). The first-order chi connectivity index (χ1) is 18.4. The van der Waals surface area contributed by atoms with Crippen LogP contribution in [0.5, 0.6) is 0 Å². The number of anilines is 1. The van der Waals surface area contributed by atoms with Gasteiger partial charge in [0, 0.05) is 19.5 Å². The summed E-state index contributed by atoms with van der Waals surface area (Å²) in [4.78, 5) is 28.6. The van der Waals surface area contributed by atoms with Crippen LogP contribution in [0.4, 0.5) is 5.69 Å². The normalized spacial score (nSPS) is 12.1. The van der Waals surface area contributed by atoms with Crippen molar-refractivity contribution in [1.29, 1.82) is 0 Å². The van der Waals surface area contributed by atoms with Crippen molar-refractivity contribution in [3.63, 3.8) is 0 Å². The number of hydrogen-bond donors (Lipinski definition) is 1. The van der Waals surface area contributed by atoms with Crippen LogP contribution in [0.15, 0.2) is 66.7 Å². The number of nitrogens with zero attached hydrogens (tertiary/aromatic N) is 2. The summed E-state index contributed by atoms with van der Waals surface area (Å²) in [6, 6.07) is 17.4. The molecule has 1 atom stereocenters. The third-order valence-electron chi connectivity index (χ3n) is 5.83. The van der Waals surface area contributed by atoms with Gasteiger partial charge >= 0.3 is 0 Å². The van der Waals surface area contributed by atoms with Crippen molar-refractivity contribution in [3.05, 3.63) is 97.9 Å². The lowest BCUT2D eigenvalue weighted by molar-refractivity contribution is -0.140. The van der Waals surface area contributed by atoms with Crippen LogP contribution in [-0.4, -0.2) is 50.5 Å². The van der Waals surface area contributed by atoms with Crippen molar-refractivity contribution < 1.29 is 18.0 Å². The largest absolute Gasteiger partial charge is 0.355 e. The van der Waals surface area contributed by atoms with Crippen LogP contribution in [0.25, 0.3) is 0 Å². The zero-order valence-electron chi connectivity index (χ0n) is 21.2. The maximum absolute atomic E-state index is 13.9. The Kier molecular flexibility index (Phi) is 10.9. The van der Waals surface area contributed by atoms with Gasteiger partial charge in [0.25, 0.3) is 0 Å². The summed E-state index contributed by atoms with van der Waals surface area (Å²) in [6.07, 6.45) is 1.18. The fourth-order valence-electron chi connectivity index (χ4n) is 3.93. The highest BCUT2D eigenvalue weighted by Gasteiger charge is 2.33. The summed E-state index contributed by atoms with van der Waals surface area (Å²) < 4.78 is 26.5. The standard InChI is InChI=1S/C27H27Cl4N3O4S/c1-3-32-27(36)25(14-18-7-5-4-6-8-18)33(16-19-9-11-21(28)23(30)13-19)26(35)17-34(39(2,37)38)20-10-12-22(29)24(31)15-20/h4-13,15,25H,3,14,16-17H2,1-2H3,(H,32,36)/t25-/m1/s1.